The van der Waals surface area contributed by atoms with Crippen molar-refractivity contribution in [3.05, 3.63) is 35.1 Å². The van der Waals surface area contributed by atoms with Crippen LogP contribution >= 0.6 is 0 Å². The van der Waals surface area contributed by atoms with Crippen LogP contribution in [0.1, 0.15) is 25.0 Å². The van der Waals surface area contributed by atoms with Gasteiger partial charge in [-0.05, 0) is 50.5 Å². The molecular formula is C12H18FNO2S. The molecule has 0 saturated carbocycles. The topological polar surface area (TPSA) is 46.2 Å². The number of benzene rings is 1. The zero-order chi connectivity index (χ0) is 13.1. The third kappa shape index (κ3) is 4.09. The smallest absolute Gasteiger partial charge is 0.213 e. The lowest BCUT2D eigenvalue weighted by atomic mass is 10.1. The van der Waals surface area contributed by atoms with Crippen molar-refractivity contribution in [2.24, 2.45) is 0 Å². The second kappa shape index (κ2) is 5.60. The van der Waals surface area contributed by atoms with Crippen molar-refractivity contribution in [2.45, 2.75) is 32.4 Å². The monoisotopic (exact) mass is 259 g/mol. The Morgan fingerprint density at radius 2 is 2.00 bits per heavy atom. The first-order valence-corrected chi connectivity index (χ1v) is 7.11. The molecule has 0 aromatic heterocycles. The van der Waals surface area contributed by atoms with Crippen LogP contribution in [-0.2, 0) is 16.4 Å². The highest BCUT2D eigenvalue weighted by molar-refractivity contribution is 7.90. The largest absolute Gasteiger partial charge is 0.215 e. The highest BCUT2D eigenvalue weighted by Gasteiger charge is 2.14. The van der Waals surface area contributed by atoms with E-state index in [9.17, 15) is 12.8 Å². The maximum Gasteiger partial charge on any atom is 0.213 e. The molecule has 0 aliphatic heterocycles. The van der Waals surface area contributed by atoms with E-state index in [4.69, 9.17) is 0 Å². The zero-order valence-corrected chi connectivity index (χ0v) is 11.1. The zero-order valence-electron chi connectivity index (χ0n) is 10.3. The van der Waals surface area contributed by atoms with E-state index >= 15 is 0 Å². The Morgan fingerprint density at radius 1 is 1.35 bits per heavy atom. The van der Waals surface area contributed by atoms with Crippen molar-refractivity contribution in [3.8, 4) is 0 Å². The molecule has 0 saturated heterocycles. The number of rotatable bonds is 5. The summed E-state index contributed by atoms with van der Waals surface area (Å²) in [5.74, 6) is -0.269. The number of sulfonamides is 1. The van der Waals surface area contributed by atoms with Crippen LogP contribution in [0, 0.1) is 12.7 Å². The molecule has 96 valence electrons. The van der Waals surface area contributed by atoms with Gasteiger partial charge in [-0.25, -0.2) is 17.5 Å². The molecule has 3 nitrogen and oxygen atoms in total. The first-order chi connectivity index (χ1) is 7.83. The van der Waals surface area contributed by atoms with Gasteiger partial charge in [-0.15, -0.1) is 0 Å². The fourth-order valence-corrected chi connectivity index (χ4v) is 2.15. The minimum Gasteiger partial charge on any atom is -0.215 e. The summed E-state index contributed by atoms with van der Waals surface area (Å²) in [6, 6.07) is 4.53. The second-order valence-electron chi connectivity index (χ2n) is 4.31. The van der Waals surface area contributed by atoms with E-state index in [1.165, 1.54) is 12.1 Å². The lowest BCUT2D eigenvalue weighted by Gasteiger charge is -2.10. The van der Waals surface area contributed by atoms with Gasteiger partial charge in [-0.3, -0.25) is 0 Å². The molecule has 5 heteroatoms. The van der Waals surface area contributed by atoms with E-state index in [1.807, 2.05) is 6.92 Å². The molecule has 0 heterocycles. The Hall–Kier alpha value is -0.940. The van der Waals surface area contributed by atoms with Gasteiger partial charge in [0.05, 0.1) is 5.25 Å². The number of hydrogen-bond acceptors (Lipinski definition) is 2. The van der Waals surface area contributed by atoms with Crippen LogP contribution in [0.3, 0.4) is 0 Å². The average Bonchev–Trinajstić information content (AvgIpc) is 2.21. The van der Waals surface area contributed by atoms with Crippen molar-refractivity contribution in [1.29, 1.82) is 0 Å². The SMILES string of the molecule is Cc1cc(F)ccc1CCNS(=O)(=O)C(C)C. The van der Waals surface area contributed by atoms with Crippen LogP contribution in [-0.4, -0.2) is 20.2 Å². The van der Waals surface area contributed by atoms with Gasteiger partial charge in [0.1, 0.15) is 5.82 Å². The summed E-state index contributed by atoms with van der Waals surface area (Å²) in [5.41, 5.74) is 1.80. The van der Waals surface area contributed by atoms with Crippen LogP contribution in [0.5, 0.6) is 0 Å². The number of nitrogens with one attached hydrogen (secondary N) is 1. The van der Waals surface area contributed by atoms with Gasteiger partial charge in [0, 0.05) is 6.54 Å². The summed E-state index contributed by atoms with van der Waals surface area (Å²) in [6.45, 7) is 5.42. The van der Waals surface area contributed by atoms with E-state index in [-0.39, 0.29) is 5.82 Å². The predicted molar refractivity (Wildman–Crippen MR) is 66.9 cm³/mol. The highest BCUT2D eigenvalue weighted by atomic mass is 32.2. The van der Waals surface area contributed by atoms with Crippen LogP contribution in [0.2, 0.25) is 0 Å². The number of hydrogen-bond donors (Lipinski definition) is 1. The average molecular weight is 259 g/mol. The molecule has 0 atom stereocenters. The van der Waals surface area contributed by atoms with Crippen LogP contribution < -0.4 is 4.72 Å². The van der Waals surface area contributed by atoms with Crippen molar-refractivity contribution in [2.75, 3.05) is 6.54 Å². The summed E-state index contributed by atoms with van der Waals surface area (Å²) in [6.07, 6.45) is 0.568. The van der Waals surface area contributed by atoms with E-state index in [1.54, 1.807) is 19.9 Å². The molecule has 0 aliphatic rings. The fourth-order valence-electron chi connectivity index (χ4n) is 1.43. The van der Waals surface area contributed by atoms with E-state index in [0.29, 0.717) is 13.0 Å². The molecule has 1 rings (SSSR count). The summed E-state index contributed by atoms with van der Waals surface area (Å²) in [4.78, 5) is 0. The normalized spacial score (nSPS) is 12.1. The molecule has 0 aliphatic carbocycles. The van der Waals surface area contributed by atoms with E-state index < -0.39 is 15.3 Å². The Morgan fingerprint density at radius 3 is 2.53 bits per heavy atom. The fraction of sp³-hybridized carbons (Fsp3) is 0.500. The first-order valence-electron chi connectivity index (χ1n) is 5.56. The molecule has 1 aromatic carbocycles. The quantitative estimate of drug-likeness (QED) is 0.879. The molecule has 17 heavy (non-hydrogen) atoms. The minimum absolute atomic E-state index is 0.269. The molecule has 1 N–H and O–H groups in total. The van der Waals surface area contributed by atoms with Crippen molar-refractivity contribution in [1.82, 2.24) is 4.72 Å². The van der Waals surface area contributed by atoms with Crippen LogP contribution in [0.15, 0.2) is 18.2 Å². The molecule has 0 unspecified atom stereocenters. The van der Waals surface area contributed by atoms with Crippen molar-refractivity contribution < 1.29 is 12.8 Å². The third-order valence-electron chi connectivity index (χ3n) is 2.62. The molecule has 0 bridgehead atoms. The molecule has 0 spiro atoms. The summed E-state index contributed by atoms with van der Waals surface area (Å²) >= 11 is 0. The molecule has 0 amide bonds. The van der Waals surface area contributed by atoms with Gasteiger partial charge in [-0.1, -0.05) is 6.07 Å². The van der Waals surface area contributed by atoms with Gasteiger partial charge in [0.25, 0.3) is 0 Å². The maximum absolute atomic E-state index is 12.9. The summed E-state index contributed by atoms with van der Waals surface area (Å²) < 4.78 is 38.4. The molecule has 0 radical (unpaired) electrons. The van der Waals surface area contributed by atoms with Gasteiger partial charge < -0.3 is 0 Å². The lowest BCUT2D eigenvalue weighted by Crippen LogP contribution is -2.32. The number of halogens is 1. The molecular weight excluding hydrogens is 241 g/mol. The van der Waals surface area contributed by atoms with Crippen molar-refractivity contribution >= 4 is 10.0 Å². The summed E-state index contributed by atoms with van der Waals surface area (Å²) in [7, 11) is -3.21. The van der Waals surface area contributed by atoms with Gasteiger partial charge >= 0.3 is 0 Å². The Balaban J connectivity index is 2.58. The minimum atomic E-state index is -3.21. The van der Waals surface area contributed by atoms with Crippen molar-refractivity contribution in [3.63, 3.8) is 0 Å². The Labute approximate surface area is 102 Å². The highest BCUT2D eigenvalue weighted by Crippen LogP contribution is 2.10. The van der Waals surface area contributed by atoms with Gasteiger partial charge in [-0.2, -0.15) is 0 Å². The predicted octanol–water partition coefficient (Wildman–Crippen LogP) is 2.00. The third-order valence-corrected chi connectivity index (χ3v) is 4.47. The van der Waals surface area contributed by atoms with Crippen LogP contribution in [0.4, 0.5) is 4.39 Å². The van der Waals surface area contributed by atoms with Gasteiger partial charge in [0.15, 0.2) is 0 Å². The maximum atomic E-state index is 12.9. The number of aryl methyl sites for hydroxylation is 1. The Kier molecular flexibility index (Phi) is 4.65. The lowest BCUT2D eigenvalue weighted by molar-refractivity contribution is 0.572. The van der Waals surface area contributed by atoms with E-state index in [0.717, 1.165) is 11.1 Å². The second-order valence-corrected chi connectivity index (χ2v) is 6.63. The molecule has 0 fully saturated rings. The van der Waals surface area contributed by atoms with Gasteiger partial charge in [0.2, 0.25) is 10.0 Å². The molecule has 1 aromatic rings. The van der Waals surface area contributed by atoms with E-state index in [2.05, 4.69) is 4.72 Å². The Bertz CT molecular complexity index is 483. The van der Waals surface area contributed by atoms with Crippen LogP contribution in [0.25, 0.3) is 0 Å². The first kappa shape index (κ1) is 14.1. The standard InChI is InChI=1S/C12H18FNO2S/c1-9(2)17(15,16)14-7-6-11-4-5-12(13)8-10(11)3/h4-5,8-9,14H,6-7H2,1-3H3. The summed E-state index contributed by atoms with van der Waals surface area (Å²) in [5, 5.41) is -0.434.